The number of benzene rings is 2. The van der Waals surface area contributed by atoms with Crippen LogP contribution < -0.4 is 0 Å². The second kappa shape index (κ2) is 7.62. The zero-order valence-corrected chi connectivity index (χ0v) is 12.8. The van der Waals surface area contributed by atoms with Gasteiger partial charge in [-0.15, -0.1) is 5.10 Å². The fourth-order valence-electron chi connectivity index (χ4n) is 2.47. The second-order valence-corrected chi connectivity index (χ2v) is 5.26. The van der Waals surface area contributed by atoms with Crippen LogP contribution >= 0.6 is 0 Å². The molecule has 1 aromatic heterocycles. The summed E-state index contributed by atoms with van der Waals surface area (Å²) < 4.78 is 1.73. The minimum Gasteiger partial charge on any atom is -0.395 e. The number of aliphatic hydroxyl groups is 1. The van der Waals surface area contributed by atoms with Crippen LogP contribution in [0.4, 0.5) is 0 Å². The predicted molar refractivity (Wildman–Crippen MR) is 86.8 cm³/mol. The van der Waals surface area contributed by atoms with Crippen molar-refractivity contribution in [2.24, 2.45) is 0 Å². The number of aliphatic hydroxyl groups excluding tert-OH is 1. The summed E-state index contributed by atoms with van der Waals surface area (Å²) in [5, 5.41) is 21.3. The summed E-state index contributed by atoms with van der Waals surface area (Å²) in [7, 11) is 0. The van der Waals surface area contributed by atoms with Crippen molar-refractivity contribution < 1.29 is 5.11 Å². The monoisotopic (exact) mass is 309 g/mol. The molecule has 0 spiro atoms. The third kappa shape index (κ3) is 4.00. The Labute approximate surface area is 135 Å². The van der Waals surface area contributed by atoms with E-state index in [1.54, 1.807) is 4.68 Å². The maximum atomic E-state index is 9.33. The molecule has 0 radical (unpaired) electrons. The van der Waals surface area contributed by atoms with Crippen LogP contribution in [0.25, 0.3) is 5.69 Å². The van der Waals surface area contributed by atoms with Crippen molar-refractivity contribution in [3.63, 3.8) is 0 Å². The first kappa shape index (κ1) is 15.3. The molecule has 118 valence electrons. The number of hydrogen-bond donors (Lipinski definition) is 1. The molecular weight excluding hydrogens is 290 g/mol. The summed E-state index contributed by atoms with van der Waals surface area (Å²) in [5.41, 5.74) is 2.12. The highest BCUT2D eigenvalue weighted by molar-refractivity contribution is 5.30. The zero-order valence-electron chi connectivity index (χ0n) is 12.8. The van der Waals surface area contributed by atoms with Crippen molar-refractivity contribution in [1.82, 2.24) is 25.1 Å². The van der Waals surface area contributed by atoms with E-state index >= 15 is 0 Å². The molecule has 23 heavy (non-hydrogen) atoms. The maximum Gasteiger partial charge on any atom is 0.170 e. The molecule has 0 saturated heterocycles. The minimum atomic E-state index is 0.0970. The molecule has 0 aliphatic carbocycles. The molecule has 6 nitrogen and oxygen atoms in total. The fraction of sp³-hybridized carbons (Fsp3) is 0.235. The highest BCUT2D eigenvalue weighted by atomic mass is 16.3. The lowest BCUT2D eigenvalue weighted by molar-refractivity contribution is 0.180. The predicted octanol–water partition coefficient (Wildman–Crippen LogP) is 1.66. The molecule has 0 atom stereocenters. The fourth-order valence-corrected chi connectivity index (χ4v) is 2.47. The van der Waals surface area contributed by atoms with E-state index in [0.717, 1.165) is 18.1 Å². The number of para-hydroxylation sites is 1. The SMILES string of the molecule is OCCN(Cc1ccccc1)Cc1nnnn1-c1ccccc1. The van der Waals surface area contributed by atoms with Gasteiger partial charge < -0.3 is 5.11 Å². The van der Waals surface area contributed by atoms with E-state index in [9.17, 15) is 5.11 Å². The van der Waals surface area contributed by atoms with Gasteiger partial charge in [0.25, 0.3) is 0 Å². The highest BCUT2D eigenvalue weighted by Crippen LogP contribution is 2.11. The summed E-state index contributed by atoms with van der Waals surface area (Å²) in [4.78, 5) is 2.13. The quantitative estimate of drug-likeness (QED) is 0.719. The van der Waals surface area contributed by atoms with E-state index in [-0.39, 0.29) is 6.61 Å². The molecule has 3 rings (SSSR count). The number of rotatable bonds is 7. The van der Waals surface area contributed by atoms with Crippen LogP contribution in [0.1, 0.15) is 11.4 Å². The summed E-state index contributed by atoms with van der Waals surface area (Å²) in [6, 6.07) is 20.0. The van der Waals surface area contributed by atoms with Crippen LogP contribution in [0.15, 0.2) is 60.7 Å². The first-order valence-corrected chi connectivity index (χ1v) is 7.56. The topological polar surface area (TPSA) is 67.1 Å². The Morgan fingerprint density at radius 1 is 0.913 bits per heavy atom. The van der Waals surface area contributed by atoms with Crippen molar-refractivity contribution in [2.45, 2.75) is 13.1 Å². The molecule has 0 fully saturated rings. The largest absolute Gasteiger partial charge is 0.395 e. The molecule has 0 unspecified atom stereocenters. The van der Waals surface area contributed by atoms with Crippen molar-refractivity contribution in [3.05, 3.63) is 72.1 Å². The Balaban J connectivity index is 1.77. The summed E-state index contributed by atoms with van der Waals surface area (Å²) in [5.74, 6) is 0.751. The van der Waals surface area contributed by atoms with Crippen molar-refractivity contribution in [3.8, 4) is 5.69 Å². The molecule has 0 aliphatic heterocycles. The van der Waals surface area contributed by atoms with Gasteiger partial charge in [0.05, 0.1) is 18.8 Å². The van der Waals surface area contributed by atoms with Crippen LogP contribution in [-0.2, 0) is 13.1 Å². The van der Waals surface area contributed by atoms with Crippen LogP contribution in [0.2, 0.25) is 0 Å². The van der Waals surface area contributed by atoms with Gasteiger partial charge in [0.2, 0.25) is 0 Å². The summed E-state index contributed by atoms with van der Waals surface area (Å²) in [6.07, 6.45) is 0. The van der Waals surface area contributed by atoms with Gasteiger partial charge in [-0.1, -0.05) is 48.5 Å². The maximum absolute atomic E-state index is 9.33. The lowest BCUT2D eigenvalue weighted by Crippen LogP contribution is -2.27. The van der Waals surface area contributed by atoms with Crippen LogP contribution in [0.3, 0.4) is 0 Å². The van der Waals surface area contributed by atoms with E-state index in [1.165, 1.54) is 5.56 Å². The van der Waals surface area contributed by atoms with Crippen LogP contribution in [0.5, 0.6) is 0 Å². The number of aromatic nitrogens is 4. The van der Waals surface area contributed by atoms with E-state index < -0.39 is 0 Å². The Morgan fingerprint density at radius 2 is 1.61 bits per heavy atom. The van der Waals surface area contributed by atoms with Gasteiger partial charge in [-0.05, 0) is 28.1 Å². The van der Waals surface area contributed by atoms with Crippen LogP contribution in [-0.4, -0.2) is 43.4 Å². The van der Waals surface area contributed by atoms with Crippen molar-refractivity contribution in [2.75, 3.05) is 13.2 Å². The number of hydrogen-bond acceptors (Lipinski definition) is 5. The first-order valence-electron chi connectivity index (χ1n) is 7.56. The Hall–Kier alpha value is -2.57. The summed E-state index contributed by atoms with van der Waals surface area (Å²) >= 11 is 0. The van der Waals surface area contributed by atoms with E-state index in [2.05, 4.69) is 32.6 Å². The molecule has 1 heterocycles. The van der Waals surface area contributed by atoms with Gasteiger partial charge in [-0.2, -0.15) is 4.68 Å². The van der Waals surface area contributed by atoms with Crippen molar-refractivity contribution in [1.29, 1.82) is 0 Å². The Morgan fingerprint density at radius 3 is 2.30 bits per heavy atom. The third-order valence-electron chi connectivity index (χ3n) is 3.57. The van der Waals surface area contributed by atoms with E-state index in [0.29, 0.717) is 13.1 Å². The molecule has 0 bridgehead atoms. The average Bonchev–Trinajstić information content (AvgIpc) is 3.05. The van der Waals surface area contributed by atoms with Gasteiger partial charge in [0, 0.05) is 13.1 Å². The summed E-state index contributed by atoms with van der Waals surface area (Å²) in [6.45, 7) is 1.97. The molecule has 3 aromatic rings. The van der Waals surface area contributed by atoms with Gasteiger partial charge in [0.15, 0.2) is 5.82 Å². The van der Waals surface area contributed by atoms with Gasteiger partial charge in [-0.25, -0.2) is 0 Å². The average molecular weight is 309 g/mol. The minimum absolute atomic E-state index is 0.0970. The Bertz CT molecular complexity index is 714. The zero-order chi connectivity index (χ0) is 15.9. The lowest BCUT2D eigenvalue weighted by Gasteiger charge is -2.20. The first-order chi connectivity index (χ1) is 11.4. The number of nitrogens with zero attached hydrogens (tertiary/aromatic N) is 5. The molecule has 2 aromatic carbocycles. The normalized spacial score (nSPS) is 11.0. The van der Waals surface area contributed by atoms with Crippen LogP contribution in [0, 0.1) is 0 Å². The standard InChI is InChI=1S/C17H19N5O/c23-12-11-21(13-15-7-3-1-4-8-15)14-17-18-19-20-22(17)16-9-5-2-6-10-16/h1-10,23H,11-14H2. The number of tetrazole rings is 1. The molecule has 1 N–H and O–H groups in total. The van der Waals surface area contributed by atoms with Crippen molar-refractivity contribution >= 4 is 0 Å². The highest BCUT2D eigenvalue weighted by Gasteiger charge is 2.13. The van der Waals surface area contributed by atoms with Gasteiger partial charge >= 0.3 is 0 Å². The Kier molecular flexibility index (Phi) is 5.08. The van der Waals surface area contributed by atoms with Gasteiger partial charge in [0.1, 0.15) is 0 Å². The molecule has 6 heteroatoms. The molecule has 0 saturated carbocycles. The van der Waals surface area contributed by atoms with Gasteiger partial charge in [-0.3, -0.25) is 4.90 Å². The molecular formula is C17H19N5O. The molecule has 0 amide bonds. The third-order valence-corrected chi connectivity index (χ3v) is 3.57. The second-order valence-electron chi connectivity index (χ2n) is 5.26. The lowest BCUT2D eigenvalue weighted by atomic mass is 10.2. The molecule has 0 aliphatic rings. The van der Waals surface area contributed by atoms with E-state index in [4.69, 9.17) is 0 Å². The smallest absolute Gasteiger partial charge is 0.170 e. The van der Waals surface area contributed by atoms with E-state index in [1.807, 2.05) is 48.5 Å².